The number of hydrogen-bond donors (Lipinski definition) is 1. The van der Waals surface area contributed by atoms with Gasteiger partial charge in [0.2, 0.25) is 5.91 Å². The second-order valence-electron chi connectivity index (χ2n) is 4.97. The summed E-state index contributed by atoms with van der Waals surface area (Å²) >= 11 is 0. The van der Waals surface area contributed by atoms with E-state index < -0.39 is 0 Å². The topological polar surface area (TPSA) is 41.6 Å². The summed E-state index contributed by atoms with van der Waals surface area (Å²) in [5.41, 5.74) is 2.52. The van der Waals surface area contributed by atoms with Crippen LogP contribution in [0, 0.1) is 0 Å². The number of amides is 1. The first-order valence-electron chi connectivity index (χ1n) is 6.46. The predicted molar refractivity (Wildman–Crippen MR) is 75.1 cm³/mol. The highest BCUT2D eigenvalue weighted by molar-refractivity contribution is 5.85. The van der Waals surface area contributed by atoms with Gasteiger partial charge in [0, 0.05) is 19.6 Å². The van der Waals surface area contributed by atoms with Gasteiger partial charge in [-0.05, 0) is 18.1 Å². The Balaban J connectivity index is 0.00000133. The van der Waals surface area contributed by atoms with Gasteiger partial charge in [-0.1, -0.05) is 24.3 Å². The molecule has 0 spiro atoms. The highest BCUT2D eigenvalue weighted by Crippen LogP contribution is 2.23. The van der Waals surface area contributed by atoms with Gasteiger partial charge in [-0.2, -0.15) is 0 Å². The Labute approximate surface area is 119 Å². The average molecular weight is 283 g/mol. The van der Waals surface area contributed by atoms with Crippen molar-refractivity contribution in [2.45, 2.75) is 32.2 Å². The first-order valence-corrected chi connectivity index (χ1v) is 6.46. The molecule has 0 aromatic heterocycles. The number of carbonyl (C=O) groups is 1. The summed E-state index contributed by atoms with van der Waals surface area (Å²) in [6.45, 7) is 4.84. The highest BCUT2D eigenvalue weighted by Gasteiger charge is 2.34. The van der Waals surface area contributed by atoms with Crippen LogP contribution in [0.3, 0.4) is 0 Å². The van der Waals surface area contributed by atoms with Crippen molar-refractivity contribution in [3.05, 3.63) is 35.4 Å². The number of rotatable bonds is 1. The van der Waals surface area contributed by atoms with Crippen LogP contribution in [0.1, 0.15) is 18.1 Å². The van der Waals surface area contributed by atoms with E-state index in [0.29, 0.717) is 6.61 Å². The van der Waals surface area contributed by atoms with Crippen molar-refractivity contribution in [2.24, 2.45) is 0 Å². The summed E-state index contributed by atoms with van der Waals surface area (Å²) < 4.78 is 5.54. The maximum absolute atomic E-state index is 12.5. The molecule has 1 N–H and O–H groups in total. The molecule has 2 heterocycles. The summed E-state index contributed by atoms with van der Waals surface area (Å²) in [6, 6.07) is 8.04. The lowest BCUT2D eigenvalue weighted by molar-refractivity contribution is -0.140. The fraction of sp³-hybridized carbons (Fsp3) is 0.500. The third kappa shape index (κ3) is 2.76. The second-order valence-corrected chi connectivity index (χ2v) is 4.97. The maximum atomic E-state index is 12.5. The Hall–Kier alpha value is -1.10. The number of nitrogens with one attached hydrogen (secondary N) is 1. The normalized spacial score (nSPS) is 25.6. The second kappa shape index (κ2) is 5.90. The van der Waals surface area contributed by atoms with Crippen LogP contribution in [0.4, 0.5) is 0 Å². The van der Waals surface area contributed by atoms with E-state index in [0.717, 1.165) is 19.6 Å². The molecule has 0 unspecified atom stereocenters. The lowest BCUT2D eigenvalue weighted by Crippen LogP contribution is -2.55. The number of halogens is 1. The van der Waals surface area contributed by atoms with E-state index in [-0.39, 0.29) is 30.5 Å². The van der Waals surface area contributed by atoms with Gasteiger partial charge in [0.1, 0.15) is 6.04 Å². The molecule has 0 aliphatic carbocycles. The zero-order valence-electron chi connectivity index (χ0n) is 11.0. The van der Waals surface area contributed by atoms with E-state index in [2.05, 4.69) is 17.4 Å². The molecular weight excluding hydrogens is 264 g/mol. The van der Waals surface area contributed by atoms with Crippen LogP contribution in [0.2, 0.25) is 0 Å². The van der Waals surface area contributed by atoms with Gasteiger partial charge in [0.25, 0.3) is 0 Å². The van der Waals surface area contributed by atoms with Crippen molar-refractivity contribution >= 4 is 18.3 Å². The summed E-state index contributed by atoms with van der Waals surface area (Å²) in [7, 11) is 0. The molecule has 104 valence electrons. The molecule has 1 aromatic rings. The summed E-state index contributed by atoms with van der Waals surface area (Å²) in [6.07, 6.45) is -0.0463. The van der Waals surface area contributed by atoms with Crippen LogP contribution in [-0.4, -0.2) is 36.1 Å². The Morgan fingerprint density at radius 2 is 1.95 bits per heavy atom. The van der Waals surface area contributed by atoms with Crippen LogP contribution < -0.4 is 5.32 Å². The Morgan fingerprint density at radius 1 is 1.32 bits per heavy atom. The minimum atomic E-state index is -0.201. The Kier molecular flexibility index (Phi) is 4.45. The highest BCUT2D eigenvalue weighted by atomic mass is 35.5. The Bertz CT molecular complexity index is 442. The third-order valence-electron chi connectivity index (χ3n) is 3.73. The zero-order valence-corrected chi connectivity index (χ0v) is 11.8. The quantitative estimate of drug-likeness (QED) is 0.845. The molecule has 2 atom stereocenters. The minimum Gasteiger partial charge on any atom is -0.375 e. The van der Waals surface area contributed by atoms with Crippen LogP contribution >= 0.6 is 12.4 Å². The molecule has 1 amide bonds. The van der Waals surface area contributed by atoms with Gasteiger partial charge in [0.05, 0.1) is 12.7 Å². The monoisotopic (exact) mass is 282 g/mol. The molecule has 5 heteroatoms. The average Bonchev–Trinajstić information content (AvgIpc) is 2.82. The fourth-order valence-corrected chi connectivity index (χ4v) is 2.70. The number of nitrogens with zero attached hydrogens (tertiary/aromatic N) is 1. The molecule has 0 saturated carbocycles. The first kappa shape index (κ1) is 14.3. The molecule has 2 aliphatic heterocycles. The van der Waals surface area contributed by atoms with Crippen LogP contribution in [0.25, 0.3) is 0 Å². The van der Waals surface area contributed by atoms with Gasteiger partial charge >= 0.3 is 0 Å². The molecule has 19 heavy (non-hydrogen) atoms. The SMILES string of the molecule is C[C@H]1OCCN[C@@H]1C(=O)N1Cc2ccccc2C1.Cl. The largest absolute Gasteiger partial charge is 0.375 e. The third-order valence-corrected chi connectivity index (χ3v) is 3.73. The molecule has 0 radical (unpaired) electrons. The summed E-state index contributed by atoms with van der Waals surface area (Å²) in [5, 5.41) is 3.26. The van der Waals surface area contributed by atoms with Crippen molar-refractivity contribution in [1.82, 2.24) is 10.2 Å². The fourth-order valence-electron chi connectivity index (χ4n) is 2.70. The lowest BCUT2D eigenvalue weighted by Gasteiger charge is -2.32. The molecule has 3 rings (SSSR count). The maximum Gasteiger partial charge on any atom is 0.242 e. The van der Waals surface area contributed by atoms with E-state index >= 15 is 0 Å². The number of morpholine rings is 1. The first-order chi connectivity index (χ1) is 8.75. The van der Waals surface area contributed by atoms with Gasteiger partial charge in [-0.25, -0.2) is 0 Å². The summed E-state index contributed by atoms with van der Waals surface area (Å²) in [4.78, 5) is 14.4. The lowest BCUT2D eigenvalue weighted by atomic mass is 10.1. The molecule has 4 nitrogen and oxygen atoms in total. The predicted octanol–water partition coefficient (Wildman–Crippen LogP) is 1.33. The van der Waals surface area contributed by atoms with Crippen molar-refractivity contribution < 1.29 is 9.53 Å². The van der Waals surface area contributed by atoms with E-state index in [4.69, 9.17) is 4.74 Å². The Morgan fingerprint density at radius 3 is 2.53 bits per heavy atom. The van der Waals surface area contributed by atoms with E-state index in [1.807, 2.05) is 24.0 Å². The van der Waals surface area contributed by atoms with Gasteiger partial charge in [0.15, 0.2) is 0 Å². The molecule has 0 bridgehead atoms. The minimum absolute atomic E-state index is 0. The van der Waals surface area contributed by atoms with E-state index in [1.54, 1.807) is 0 Å². The number of hydrogen-bond acceptors (Lipinski definition) is 3. The number of ether oxygens (including phenoxy) is 1. The van der Waals surface area contributed by atoms with Gasteiger partial charge in [-0.15, -0.1) is 12.4 Å². The number of carbonyl (C=O) groups excluding carboxylic acids is 1. The standard InChI is InChI=1S/C14H18N2O2.ClH/c1-10-13(15-6-7-18-10)14(17)16-8-11-4-2-3-5-12(11)9-16;/h2-5,10,13,15H,6-9H2,1H3;1H/t10-,13+;/m1./s1. The van der Waals surface area contributed by atoms with Crippen LogP contribution in [-0.2, 0) is 22.6 Å². The molecule has 2 aliphatic rings. The van der Waals surface area contributed by atoms with Gasteiger partial charge in [-0.3, -0.25) is 4.79 Å². The van der Waals surface area contributed by atoms with Crippen molar-refractivity contribution in [1.29, 1.82) is 0 Å². The summed E-state index contributed by atoms with van der Waals surface area (Å²) in [5.74, 6) is 0.151. The molecular formula is C14H19ClN2O2. The molecule has 1 aromatic carbocycles. The van der Waals surface area contributed by atoms with Crippen LogP contribution in [0.5, 0.6) is 0 Å². The van der Waals surface area contributed by atoms with E-state index in [1.165, 1.54) is 11.1 Å². The molecule has 1 fully saturated rings. The number of fused-ring (bicyclic) bond motifs is 1. The number of benzene rings is 1. The molecule has 1 saturated heterocycles. The van der Waals surface area contributed by atoms with Crippen LogP contribution in [0.15, 0.2) is 24.3 Å². The van der Waals surface area contributed by atoms with E-state index in [9.17, 15) is 4.79 Å². The van der Waals surface area contributed by atoms with Crippen molar-refractivity contribution in [3.8, 4) is 0 Å². The van der Waals surface area contributed by atoms with Crippen molar-refractivity contribution in [2.75, 3.05) is 13.2 Å². The van der Waals surface area contributed by atoms with Gasteiger partial charge < -0.3 is 15.0 Å². The smallest absolute Gasteiger partial charge is 0.242 e. The zero-order chi connectivity index (χ0) is 12.5. The van der Waals surface area contributed by atoms with Crippen molar-refractivity contribution in [3.63, 3.8) is 0 Å².